The third-order valence-corrected chi connectivity index (χ3v) is 5.99. The summed E-state index contributed by atoms with van der Waals surface area (Å²) in [5.74, 6) is 0.231. The lowest BCUT2D eigenvalue weighted by atomic mass is 9.98. The fourth-order valence-corrected chi connectivity index (χ4v) is 4.13. The van der Waals surface area contributed by atoms with E-state index in [0.29, 0.717) is 41.0 Å². The molecule has 0 aliphatic heterocycles. The van der Waals surface area contributed by atoms with E-state index in [-0.39, 0.29) is 11.4 Å². The van der Waals surface area contributed by atoms with Gasteiger partial charge in [0.15, 0.2) is 5.01 Å². The van der Waals surface area contributed by atoms with Gasteiger partial charge >= 0.3 is 6.18 Å². The summed E-state index contributed by atoms with van der Waals surface area (Å²) < 4.78 is 46.7. The van der Waals surface area contributed by atoms with E-state index in [4.69, 9.17) is 4.74 Å². The summed E-state index contributed by atoms with van der Waals surface area (Å²) in [5.41, 5.74) is 1.21. The summed E-state index contributed by atoms with van der Waals surface area (Å²) in [5, 5.41) is 13.0. The van der Waals surface area contributed by atoms with Gasteiger partial charge in [0, 0.05) is 25.1 Å². The zero-order chi connectivity index (χ0) is 21.3. The zero-order valence-electron chi connectivity index (χ0n) is 16.8. The second-order valence-electron chi connectivity index (χ2n) is 7.45. The van der Waals surface area contributed by atoms with E-state index in [0.717, 1.165) is 30.4 Å². The van der Waals surface area contributed by atoms with Crippen LogP contribution in [0, 0.1) is 6.92 Å². The van der Waals surface area contributed by atoms with E-state index in [2.05, 4.69) is 20.5 Å². The first kappa shape index (κ1) is 21.0. The second-order valence-corrected chi connectivity index (χ2v) is 8.43. The van der Waals surface area contributed by atoms with Crippen LogP contribution in [-0.2, 0) is 10.9 Å². The highest BCUT2D eigenvalue weighted by atomic mass is 32.1. The van der Waals surface area contributed by atoms with Crippen LogP contribution in [0.15, 0.2) is 18.2 Å². The highest BCUT2D eigenvalue weighted by Gasteiger charge is 2.36. The standard InChI is InChI=1S/C21H23F3N4OS/c1-3-29-8-4-7-25-20-28-27-19(30-20)17-9-12(2)15-10-14(13-5-6-13)11-16(18(15)26-17)21(22,23)24/h9-11,13H,3-8H2,1-2H3,(H,25,28). The van der Waals surface area contributed by atoms with Crippen molar-refractivity contribution in [3.05, 3.63) is 34.9 Å². The van der Waals surface area contributed by atoms with Crippen LogP contribution >= 0.6 is 11.3 Å². The van der Waals surface area contributed by atoms with Gasteiger partial charge in [-0.15, -0.1) is 10.2 Å². The van der Waals surface area contributed by atoms with Crippen LogP contribution in [0.25, 0.3) is 21.6 Å². The molecule has 2 heterocycles. The SMILES string of the molecule is CCOCCCNc1nnc(-c2cc(C)c3cc(C4CC4)cc(C(F)(F)F)c3n2)s1. The molecule has 1 N–H and O–H groups in total. The number of halogens is 3. The molecule has 0 unspecified atom stereocenters. The first-order valence-electron chi connectivity index (χ1n) is 10.0. The largest absolute Gasteiger partial charge is 0.418 e. The van der Waals surface area contributed by atoms with Gasteiger partial charge in [-0.1, -0.05) is 11.3 Å². The van der Waals surface area contributed by atoms with Crippen molar-refractivity contribution in [1.82, 2.24) is 15.2 Å². The molecule has 1 saturated carbocycles. The van der Waals surface area contributed by atoms with Gasteiger partial charge in [0.2, 0.25) is 5.13 Å². The number of rotatable bonds is 8. The molecule has 1 aliphatic carbocycles. The van der Waals surface area contributed by atoms with Crippen molar-refractivity contribution in [2.24, 2.45) is 0 Å². The number of hydrogen-bond donors (Lipinski definition) is 1. The molecule has 9 heteroatoms. The predicted molar refractivity (Wildman–Crippen MR) is 112 cm³/mol. The van der Waals surface area contributed by atoms with Crippen LogP contribution in [0.4, 0.5) is 18.3 Å². The minimum absolute atomic E-state index is 0.0247. The Kier molecular flexibility index (Phi) is 5.92. The Bertz CT molecular complexity index is 1050. The lowest BCUT2D eigenvalue weighted by molar-refractivity contribution is -0.136. The van der Waals surface area contributed by atoms with Crippen LogP contribution < -0.4 is 5.32 Å². The van der Waals surface area contributed by atoms with Crippen molar-refractivity contribution in [1.29, 1.82) is 0 Å². The fourth-order valence-electron chi connectivity index (χ4n) is 3.40. The number of benzene rings is 1. The maximum absolute atomic E-state index is 13.8. The molecule has 0 saturated heterocycles. The second kappa shape index (κ2) is 8.47. The lowest BCUT2D eigenvalue weighted by Gasteiger charge is -2.14. The van der Waals surface area contributed by atoms with Gasteiger partial charge in [-0.25, -0.2) is 4.98 Å². The van der Waals surface area contributed by atoms with Crippen molar-refractivity contribution in [2.45, 2.75) is 45.2 Å². The summed E-state index contributed by atoms with van der Waals surface area (Å²) in [6.07, 6.45) is -1.75. The van der Waals surface area contributed by atoms with Gasteiger partial charge in [-0.3, -0.25) is 0 Å². The Hall–Kier alpha value is -2.26. The molecule has 3 aromatic rings. The molecule has 5 nitrogen and oxygen atoms in total. The number of nitrogens with zero attached hydrogens (tertiary/aromatic N) is 3. The van der Waals surface area contributed by atoms with Crippen molar-refractivity contribution < 1.29 is 17.9 Å². The Morgan fingerprint density at radius 3 is 2.70 bits per heavy atom. The summed E-state index contributed by atoms with van der Waals surface area (Å²) in [6.45, 7) is 5.78. The molecule has 160 valence electrons. The number of pyridine rings is 1. The van der Waals surface area contributed by atoms with E-state index in [1.807, 2.05) is 19.9 Å². The van der Waals surface area contributed by atoms with Crippen molar-refractivity contribution in [2.75, 3.05) is 25.1 Å². The average molecular weight is 437 g/mol. The molecule has 1 aliphatic rings. The molecule has 0 atom stereocenters. The number of ether oxygens (including phenoxy) is 1. The third-order valence-electron chi connectivity index (χ3n) is 5.09. The molecule has 2 aromatic heterocycles. The minimum Gasteiger partial charge on any atom is -0.382 e. The fraction of sp³-hybridized carbons (Fsp3) is 0.476. The number of aryl methyl sites for hydroxylation is 1. The number of aromatic nitrogens is 3. The van der Waals surface area contributed by atoms with Crippen LogP contribution in [0.5, 0.6) is 0 Å². The normalized spacial score (nSPS) is 14.4. The number of anilines is 1. The van der Waals surface area contributed by atoms with E-state index >= 15 is 0 Å². The number of alkyl halides is 3. The quantitative estimate of drug-likeness (QED) is 0.453. The molecule has 4 rings (SSSR count). The molecule has 0 radical (unpaired) electrons. The molecule has 30 heavy (non-hydrogen) atoms. The topological polar surface area (TPSA) is 59.9 Å². The van der Waals surface area contributed by atoms with Gasteiger partial charge in [0.1, 0.15) is 5.69 Å². The number of hydrogen-bond acceptors (Lipinski definition) is 6. The van der Waals surface area contributed by atoms with E-state index in [1.165, 1.54) is 17.4 Å². The molecule has 0 amide bonds. The van der Waals surface area contributed by atoms with Gasteiger partial charge in [0.25, 0.3) is 0 Å². The maximum Gasteiger partial charge on any atom is 0.418 e. The third kappa shape index (κ3) is 4.57. The summed E-state index contributed by atoms with van der Waals surface area (Å²) in [4.78, 5) is 4.37. The molecule has 1 aromatic carbocycles. The lowest BCUT2D eigenvalue weighted by Crippen LogP contribution is -2.08. The van der Waals surface area contributed by atoms with Gasteiger partial charge in [-0.2, -0.15) is 13.2 Å². The molecular weight excluding hydrogens is 413 g/mol. The Morgan fingerprint density at radius 1 is 1.20 bits per heavy atom. The average Bonchev–Trinajstić information content (AvgIpc) is 3.44. The van der Waals surface area contributed by atoms with E-state index in [9.17, 15) is 13.2 Å². The Balaban J connectivity index is 1.65. The van der Waals surface area contributed by atoms with E-state index < -0.39 is 11.7 Å². The smallest absolute Gasteiger partial charge is 0.382 e. The number of nitrogens with one attached hydrogen (secondary N) is 1. The van der Waals surface area contributed by atoms with Crippen molar-refractivity contribution in [3.63, 3.8) is 0 Å². The molecule has 0 bridgehead atoms. The summed E-state index contributed by atoms with van der Waals surface area (Å²) in [7, 11) is 0. The maximum atomic E-state index is 13.8. The Labute approximate surface area is 176 Å². The minimum atomic E-state index is -4.46. The van der Waals surface area contributed by atoms with Gasteiger partial charge < -0.3 is 10.1 Å². The van der Waals surface area contributed by atoms with Crippen LogP contribution in [0.3, 0.4) is 0 Å². The van der Waals surface area contributed by atoms with Crippen molar-refractivity contribution in [3.8, 4) is 10.7 Å². The monoisotopic (exact) mass is 436 g/mol. The molecular formula is C21H23F3N4OS. The molecule has 1 fully saturated rings. The van der Waals surface area contributed by atoms with E-state index in [1.54, 1.807) is 6.07 Å². The van der Waals surface area contributed by atoms with Crippen molar-refractivity contribution >= 4 is 27.4 Å². The molecule has 0 spiro atoms. The predicted octanol–water partition coefficient (Wildman–Crippen LogP) is 5.80. The first-order valence-corrected chi connectivity index (χ1v) is 10.9. The van der Waals surface area contributed by atoms with Gasteiger partial charge in [0.05, 0.1) is 11.1 Å². The van der Waals surface area contributed by atoms with Crippen LogP contribution in [-0.4, -0.2) is 34.9 Å². The Morgan fingerprint density at radius 2 is 2.00 bits per heavy atom. The van der Waals surface area contributed by atoms with Gasteiger partial charge in [-0.05, 0) is 68.4 Å². The highest BCUT2D eigenvalue weighted by Crippen LogP contribution is 2.45. The van der Waals surface area contributed by atoms with Crippen LogP contribution in [0.2, 0.25) is 0 Å². The summed E-state index contributed by atoms with van der Waals surface area (Å²) in [6, 6.07) is 4.92. The first-order chi connectivity index (χ1) is 14.4. The van der Waals surface area contributed by atoms with Crippen LogP contribution in [0.1, 0.15) is 48.8 Å². The summed E-state index contributed by atoms with van der Waals surface area (Å²) >= 11 is 1.28. The highest BCUT2D eigenvalue weighted by molar-refractivity contribution is 7.18. The zero-order valence-corrected chi connectivity index (χ0v) is 17.7. The number of fused-ring (bicyclic) bond motifs is 1.